The van der Waals surface area contributed by atoms with Crippen molar-refractivity contribution >= 4 is 51.6 Å². The van der Waals surface area contributed by atoms with Gasteiger partial charge in [-0.05, 0) is 91.6 Å². The number of hydrogen-bond acceptors (Lipinski definition) is 5. The van der Waals surface area contributed by atoms with Gasteiger partial charge in [0.2, 0.25) is 0 Å². The first-order chi connectivity index (χ1) is 23.2. The second kappa shape index (κ2) is 11.2. The molecule has 0 saturated carbocycles. The Morgan fingerprint density at radius 2 is 0.915 bits per heavy atom. The standard InChI is InChI=1S/C41H36N4O2/c46-40-32-27-36(42-24-10-16-28-13-4-7-21-33(28)42)38(43-25-11-17-29-14-5-8-22-34(29)43)39(44-26-12-18-30-15-6-9-23-35(30)44)37(32)41(47)45(40)31-19-2-1-3-20-31/h1-9,13-15,19-23,27H,10-12,16-18,24-26H2. The molecule has 4 heterocycles. The fourth-order valence-corrected chi connectivity index (χ4v) is 8.22. The number of benzene rings is 5. The first-order valence-corrected chi connectivity index (χ1v) is 16.9. The van der Waals surface area contributed by atoms with Crippen LogP contribution in [-0.2, 0) is 19.3 Å². The number of aryl methyl sites for hydroxylation is 3. The molecule has 0 radical (unpaired) electrons. The van der Waals surface area contributed by atoms with E-state index in [0.717, 1.165) is 80.9 Å². The molecule has 0 bridgehead atoms. The van der Waals surface area contributed by atoms with Crippen molar-refractivity contribution in [2.75, 3.05) is 39.2 Å². The molecule has 6 nitrogen and oxygen atoms in total. The van der Waals surface area contributed by atoms with E-state index >= 15 is 0 Å². The van der Waals surface area contributed by atoms with Crippen LogP contribution in [0.3, 0.4) is 0 Å². The number of nitrogens with zero attached hydrogens (tertiary/aromatic N) is 4. The SMILES string of the molecule is O=C1c2cc(N3CCCc4ccccc43)c(N3CCCc4ccccc43)c(N3CCCc4ccccc43)c2C(=O)N1c1ccccc1. The summed E-state index contributed by atoms with van der Waals surface area (Å²) in [6, 6.07) is 37.3. The van der Waals surface area contributed by atoms with Gasteiger partial charge in [0.25, 0.3) is 11.8 Å². The Balaban J connectivity index is 1.38. The van der Waals surface area contributed by atoms with Crippen molar-refractivity contribution in [1.82, 2.24) is 0 Å². The number of para-hydroxylation sites is 4. The van der Waals surface area contributed by atoms with E-state index in [1.165, 1.54) is 33.0 Å². The van der Waals surface area contributed by atoms with Gasteiger partial charge in [-0.15, -0.1) is 0 Å². The second-order valence-electron chi connectivity index (χ2n) is 12.9. The fourth-order valence-electron chi connectivity index (χ4n) is 8.22. The molecular formula is C41H36N4O2. The molecule has 5 aromatic rings. The van der Waals surface area contributed by atoms with E-state index in [2.05, 4.69) is 87.5 Å². The van der Waals surface area contributed by atoms with Gasteiger partial charge in [0.05, 0.1) is 33.9 Å². The summed E-state index contributed by atoms with van der Waals surface area (Å²) in [5.74, 6) is -0.522. The Morgan fingerprint density at radius 1 is 0.447 bits per heavy atom. The molecule has 0 fully saturated rings. The molecule has 0 N–H and O–H groups in total. The molecule has 2 amide bonds. The van der Waals surface area contributed by atoms with E-state index in [0.29, 0.717) is 16.8 Å². The van der Waals surface area contributed by atoms with E-state index in [1.807, 2.05) is 36.4 Å². The number of carbonyl (C=O) groups excluding carboxylic acids is 2. The summed E-state index contributed by atoms with van der Waals surface area (Å²) in [6.07, 6.45) is 5.99. The molecule has 4 aliphatic rings. The van der Waals surface area contributed by atoms with Crippen molar-refractivity contribution in [3.05, 3.63) is 137 Å². The maximum atomic E-state index is 14.8. The molecule has 9 rings (SSSR count). The van der Waals surface area contributed by atoms with Crippen LogP contribution >= 0.6 is 0 Å². The van der Waals surface area contributed by atoms with Crippen LogP contribution in [0.25, 0.3) is 0 Å². The predicted molar refractivity (Wildman–Crippen MR) is 189 cm³/mol. The van der Waals surface area contributed by atoms with E-state index in [1.54, 1.807) is 0 Å². The lowest BCUT2D eigenvalue weighted by atomic mass is 9.93. The van der Waals surface area contributed by atoms with Crippen LogP contribution in [0.15, 0.2) is 109 Å². The fraction of sp³-hybridized carbons (Fsp3) is 0.220. The molecule has 0 saturated heterocycles. The van der Waals surface area contributed by atoms with Crippen molar-refractivity contribution in [2.45, 2.75) is 38.5 Å². The first kappa shape index (κ1) is 27.9. The number of imide groups is 1. The third kappa shape index (κ3) is 4.38. The third-order valence-corrected chi connectivity index (χ3v) is 10.3. The Kier molecular flexibility index (Phi) is 6.63. The Hall–Kier alpha value is -5.36. The molecular weight excluding hydrogens is 580 g/mol. The van der Waals surface area contributed by atoms with E-state index < -0.39 is 0 Å². The van der Waals surface area contributed by atoms with Crippen molar-refractivity contribution in [1.29, 1.82) is 0 Å². The number of hydrogen-bond donors (Lipinski definition) is 0. The van der Waals surface area contributed by atoms with E-state index in [9.17, 15) is 9.59 Å². The highest BCUT2D eigenvalue weighted by molar-refractivity contribution is 6.37. The van der Waals surface area contributed by atoms with Gasteiger partial charge < -0.3 is 14.7 Å². The normalized spacial score (nSPS) is 16.9. The summed E-state index contributed by atoms with van der Waals surface area (Å²) >= 11 is 0. The molecule has 0 aliphatic carbocycles. The van der Waals surface area contributed by atoms with Crippen molar-refractivity contribution in [3.63, 3.8) is 0 Å². The zero-order valence-electron chi connectivity index (χ0n) is 26.4. The van der Waals surface area contributed by atoms with Crippen LogP contribution in [0.4, 0.5) is 39.8 Å². The minimum absolute atomic E-state index is 0.258. The lowest BCUT2D eigenvalue weighted by Crippen LogP contribution is -2.34. The minimum Gasteiger partial charge on any atom is -0.339 e. The van der Waals surface area contributed by atoms with Gasteiger partial charge in [0.15, 0.2) is 0 Å². The van der Waals surface area contributed by atoms with Crippen LogP contribution in [-0.4, -0.2) is 31.4 Å². The maximum Gasteiger partial charge on any atom is 0.268 e. The van der Waals surface area contributed by atoms with Gasteiger partial charge in [-0.2, -0.15) is 0 Å². The molecule has 0 unspecified atom stereocenters. The topological polar surface area (TPSA) is 47.1 Å². The molecule has 4 aliphatic heterocycles. The van der Waals surface area contributed by atoms with Crippen LogP contribution in [0.2, 0.25) is 0 Å². The molecule has 0 spiro atoms. The van der Waals surface area contributed by atoms with Crippen molar-refractivity contribution in [2.24, 2.45) is 0 Å². The zero-order valence-corrected chi connectivity index (χ0v) is 26.4. The smallest absolute Gasteiger partial charge is 0.268 e. The van der Waals surface area contributed by atoms with Gasteiger partial charge in [0, 0.05) is 36.7 Å². The lowest BCUT2D eigenvalue weighted by Gasteiger charge is -2.42. The van der Waals surface area contributed by atoms with Gasteiger partial charge in [-0.3, -0.25) is 9.59 Å². The summed E-state index contributed by atoms with van der Waals surface area (Å²) in [5, 5.41) is 0. The Morgan fingerprint density at radius 3 is 1.49 bits per heavy atom. The van der Waals surface area contributed by atoms with E-state index in [-0.39, 0.29) is 11.8 Å². The number of rotatable bonds is 4. The second-order valence-corrected chi connectivity index (χ2v) is 12.9. The monoisotopic (exact) mass is 616 g/mol. The number of anilines is 7. The molecule has 47 heavy (non-hydrogen) atoms. The minimum atomic E-state index is -0.264. The zero-order chi connectivity index (χ0) is 31.5. The summed E-state index contributed by atoms with van der Waals surface area (Å²) in [6.45, 7) is 2.42. The average molecular weight is 617 g/mol. The van der Waals surface area contributed by atoms with Crippen molar-refractivity contribution in [3.8, 4) is 0 Å². The molecule has 0 atom stereocenters. The van der Waals surface area contributed by atoms with Crippen molar-refractivity contribution < 1.29 is 9.59 Å². The quantitative estimate of drug-likeness (QED) is 0.189. The van der Waals surface area contributed by atoms with Gasteiger partial charge in [0.1, 0.15) is 0 Å². The van der Waals surface area contributed by atoms with Crippen LogP contribution < -0.4 is 19.6 Å². The number of amides is 2. The summed E-state index contributed by atoms with van der Waals surface area (Å²) < 4.78 is 0. The van der Waals surface area contributed by atoms with Gasteiger partial charge >= 0.3 is 0 Å². The van der Waals surface area contributed by atoms with Crippen LogP contribution in [0.1, 0.15) is 56.7 Å². The predicted octanol–water partition coefficient (Wildman–Crippen LogP) is 8.74. The summed E-state index contributed by atoms with van der Waals surface area (Å²) in [7, 11) is 0. The van der Waals surface area contributed by atoms with E-state index in [4.69, 9.17) is 0 Å². The summed E-state index contributed by atoms with van der Waals surface area (Å²) in [5.41, 5.74) is 11.8. The highest BCUT2D eigenvalue weighted by atomic mass is 16.2. The molecule has 6 heteroatoms. The van der Waals surface area contributed by atoms with Crippen LogP contribution in [0.5, 0.6) is 0 Å². The number of fused-ring (bicyclic) bond motifs is 4. The summed E-state index contributed by atoms with van der Waals surface area (Å²) in [4.78, 5) is 37.9. The third-order valence-electron chi connectivity index (χ3n) is 10.3. The Bertz CT molecular complexity index is 2050. The van der Waals surface area contributed by atoms with Gasteiger partial charge in [-0.25, -0.2) is 4.90 Å². The lowest BCUT2D eigenvalue weighted by molar-refractivity contribution is 0.0926. The molecule has 0 aromatic heterocycles. The highest BCUT2D eigenvalue weighted by Crippen LogP contribution is 2.54. The highest BCUT2D eigenvalue weighted by Gasteiger charge is 2.44. The average Bonchev–Trinajstić information content (AvgIpc) is 3.39. The largest absolute Gasteiger partial charge is 0.339 e. The van der Waals surface area contributed by atoms with Gasteiger partial charge in [-0.1, -0.05) is 72.8 Å². The maximum absolute atomic E-state index is 14.8. The van der Waals surface area contributed by atoms with Crippen LogP contribution in [0, 0.1) is 0 Å². The first-order valence-electron chi connectivity index (χ1n) is 16.9. The number of carbonyl (C=O) groups is 2. The molecule has 5 aromatic carbocycles. The Labute approximate surface area is 275 Å². The molecule has 232 valence electrons.